The minimum Gasteiger partial charge on any atom is -0.383 e. The van der Waals surface area contributed by atoms with Crippen molar-refractivity contribution in [3.63, 3.8) is 0 Å². The molecule has 1 aliphatic heterocycles. The van der Waals surface area contributed by atoms with Gasteiger partial charge in [0.1, 0.15) is 0 Å². The van der Waals surface area contributed by atoms with Crippen LogP contribution in [-0.4, -0.2) is 40.0 Å². The number of ether oxygens (including phenoxy) is 2. The molecule has 0 spiro atoms. The Morgan fingerprint density at radius 1 is 1.16 bits per heavy atom. The minimum absolute atomic E-state index is 0.563. The maximum absolute atomic E-state index is 5.50. The van der Waals surface area contributed by atoms with E-state index in [0.717, 1.165) is 32.3 Å². The van der Waals surface area contributed by atoms with Gasteiger partial charge in [-0.25, -0.2) is 0 Å². The monoisotopic (exact) mass is 269 g/mol. The van der Waals surface area contributed by atoms with Crippen LogP contribution in [0.3, 0.4) is 0 Å². The first-order chi connectivity index (χ1) is 9.35. The maximum atomic E-state index is 5.50. The third-order valence-electron chi connectivity index (χ3n) is 4.96. The number of hydrogen-bond acceptors (Lipinski definition) is 3. The van der Waals surface area contributed by atoms with E-state index < -0.39 is 0 Å². The first kappa shape index (κ1) is 15.3. The van der Waals surface area contributed by atoms with E-state index in [1.54, 1.807) is 7.11 Å². The zero-order valence-electron chi connectivity index (χ0n) is 12.6. The normalized spacial score (nSPS) is 24.5. The molecule has 0 amide bonds. The van der Waals surface area contributed by atoms with Gasteiger partial charge in [0, 0.05) is 33.4 Å². The van der Waals surface area contributed by atoms with Crippen LogP contribution in [0.25, 0.3) is 0 Å². The van der Waals surface area contributed by atoms with Crippen LogP contribution in [0.2, 0.25) is 0 Å². The largest absolute Gasteiger partial charge is 0.383 e. The second kappa shape index (κ2) is 8.23. The van der Waals surface area contributed by atoms with Crippen molar-refractivity contribution in [2.24, 2.45) is 11.3 Å². The molecule has 112 valence electrons. The average molecular weight is 269 g/mol. The van der Waals surface area contributed by atoms with E-state index in [0.29, 0.717) is 5.41 Å². The molecule has 1 saturated carbocycles. The number of hydrogen-bond donors (Lipinski definition) is 1. The van der Waals surface area contributed by atoms with Crippen molar-refractivity contribution in [2.45, 2.75) is 51.4 Å². The van der Waals surface area contributed by atoms with Crippen LogP contribution in [0.15, 0.2) is 0 Å². The van der Waals surface area contributed by atoms with Crippen LogP contribution in [0.5, 0.6) is 0 Å². The fraction of sp³-hybridized carbons (Fsp3) is 1.00. The van der Waals surface area contributed by atoms with Crippen molar-refractivity contribution in [1.29, 1.82) is 0 Å². The average Bonchev–Trinajstić information content (AvgIpc) is 2.46. The van der Waals surface area contributed by atoms with Crippen molar-refractivity contribution in [2.75, 3.05) is 40.0 Å². The van der Waals surface area contributed by atoms with Gasteiger partial charge < -0.3 is 14.8 Å². The van der Waals surface area contributed by atoms with Crippen LogP contribution >= 0.6 is 0 Å². The molecule has 1 heterocycles. The summed E-state index contributed by atoms with van der Waals surface area (Å²) in [5.74, 6) is 0.899. The highest BCUT2D eigenvalue weighted by Gasteiger charge is 2.34. The number of nitrogens with one attached hydrogen (secondary N) is 1. The van der Waals surface area contributed by atoms with Crippen molar-refractivity contribution in [3.05, 3.63) is 0 Å². The standard InChI is InChI=1S/C16H31NO2/c1-18-12-9-17-14-16(7-3-2-4-8-16)13-15-5-10-19-11-6-15/h15,17H,2-14H2,1H3. The maximum Gasteiger partial charge on any atom is 0.0587 e. The smallest absolute Gasteiger partial charge is 0.0587 e. The van der Waals surface area contributed by atoms with E-state index in [-0.39, 0.29) is 0 Å². The van der Waals surface area contributed by atoms with E-state index in [9.17, 15) is 0 Å². The molecule has 0 atom stereocenters. The predicted molar refractivity (Wildman–Crippen MR) is 78.4 cm³/mol. The van der Waals surface area contributed by atoms with Crippen molar-refractivity contribution in [1.82, 2.24) is 5.32 Å². The molecule has 1 N–H and O–H groups in total. The van der Waals surface area contributed by atoms with Gasteiger partial charge in [0.25, 0.3) is 0 Å². The lowest BCUT2D eigenvalue weighted by Crippen LogP contribution is -2.39. The summed E-state index contributed by atoms with van der Waals surface area (Å²) < 4.78 is 10.6. The highest BCUT2D eigenvalue weighted by Crippen LogP contribution is 2.42. The third kappa shape index (κ3) is 5.05. The zero-order chi connectivity index (χ0) is 13.4. The van der Waals surface area contributed by atoms with E-state index >= 15 is 0 Å². The second-order valence-corrected chi connectivity index (χ2v) is 6.49. The summed E-state index contributed by atoms with van der Waals surface area (Å²) in [6, 6.07) is 0. The lowest BCUT2D eigenvalue weighted by molar-refractivity contribution is 0.0369. The summed E-state index contributed by atoms with van der Waals surface area (Å²) in [5, 5.41) is 3.63. The molecule has 0 aromatic carbocycles. The van der Waals surface area contributed by atoms with Gasteiger partial charge in [-0.3, -0.25) is 0 Å². The topological polar surface area (TPSA) is 30.5 Å². The molecule has 0 aromatic heterocycles. The van der Waals surface area contributed by atoms with Crippen LogP contribution in [0, 0.1) is 11.3 Å². The second-order valence-electron chi connectivity index (χ2n) is 6.49. The SMILES string of the molecule is COCCNCC1(CC2CCOCC2)CCCCC1. The summed E-state index contributed by atoms with van der Waals surface area (Å²) in [5.41, 5.74) is 0.563. The van der Waals surface area contributed by atoms with Gasteiger partial charge in [0.05, 0.1) is 6.61 Å². The summed E-state index contributed by atoms with van der Waals surface area (Å²) in [7, 11) is 1.78. The van der Waals surface area contributed by atoms with E-state index in [2.05, 4.69) is 5.32 Å². The highest BCUT2D eigenvalue weighted by atomic mass is 16.5. The molecule has 0 unspecified atom stereocenters. The molecule has 19 heavy (non-hydrogen) atoms. The quantitative estimate of drug-likeness (QED) is 0.721. The van der Waals surface area contributed by atoms with Crippen LogP contribution in [0.4, 0.5) is 0 Å². The lowest BCUT2D eigenvalue weighted by Gasteiger charge is -2.41. The third-order valence-corrected chi connectivity index (χ3v) is 4.96. The fourth-order valence-electron chi connectivity index (χ4n) is 3.85. The molecule has 1 aliphatic carbocycles. The Bertz CT molecular complexity index is 233. The molecular weight excluding hydrogens is 238 g/mol. The Labute approximate surface area is 118 Å². The van der Waals surface area contributed by atoms with E-state index in [4.69, 9.17) is 9.47 Å². The van der Waals surface area contributed by atoms with Crippen LogP contribution in [0.1, 0.15) is 51.4 Å². The molecule has 0 aromatic rings. The molecule has 3 heteroatoms. The summed E-state index contributed by atoms with van der Waals surface area (Å²) in [4.78, 5) is 0. The van der Waals surface area contributed by atoms with Crippen molar-refractivity contribution < 1.29 is 9.47 Å². The zero-order valence-corrected chi connectivity index (χ0v) is 12.6. The molecule has 2 aliphatic rings. The lowest BCUT2D eigenvalue weighted by atomic mass is 9.68. The molecule has 3 nitrogen and oxygen atoms in total. The Morgan fingerprint density at radius 3 is 2.58 bits per heavy atom. The molecule has 0 radical (unpaired) electrons. The Balaban J connectivity index is 1.82. The van der Waals surface area contributed by atoms with Gasteiger partial charge in [-0.2, -0.15) is 0 Å². The fourth-order valence-corrected chi connectivity index (χ4v) is 3.85. The molecule has 1 saturated heterocycles. The Morgan fingerprint density at radius 2 is 1.89 bits per heavy atom. The van der Waals surface area contributed by atoms with Gasteiger partial charge in [0.2, 0.25) is 0 Å². The summed E-state index contributed by atoms with van der Waals surface area (Å²) >= 11 is 0. The first-order valence-electron chi connectivity index (χ1n) is 8.12. The summed E-state index contributed by atoms with van der Waals surface area (Å²) in [6.07, 6.45) is 11.1. The van der Waals surface area contributed by atoms with Crippen LogP contribution in [-0.2, 0) is 9.47 Å². The van der Waals surface area contributed by atoms with Gasteiger partial charge in [-0.1, -0.05) is 19.3 Å². The Kier molecular flexibility index (Phi) is 6.62. The van der Waals surface area contributed by atoms with E-state index in [1.165, 1.54) is 57.9 Å². The minimum atomic E-state index is 0.563. The van der Waals surface area contributed by atoms with Crippen molar-refractivity contribution >= 4 is 0 Å². The van der Waals surface area contributed by atoms with Gasteiger partial charge in [-0.15, -0.1) is 0 Å². The molecular formula is C16H31NO2. The molecule has 0 bridgehead atoms. The molecule has 2 fully saturated rings. The summed E-state index contributed by atoms with van der Waals surface area (Å²) in [6.45, 7) is 4.97. The number of rotatable bonds is 7. The van der Waals surface area contributed by atoms with Crippen LogP contribution < -0.4 is 5.32 Å². The predicted octanol–water partition coefficient (Wildman–Crippen LogP) is 2.99. The van der Waals surface area contributed by atoms with Gasteiger partial charge in [-0.05, 0) is 43.4 Å². The number of methoxy groups -OCH3 is 1. The molecule has 2 rings (SSSR count). The highest BCUT2D eigenvalue weighted by molar-refractivity contribution is 4.87. The first-order valence-corrected chi connectivity index (χ1v) is 8.12. The van der Waals surface area contributed by atoms with Gasteiger partial charge in [0.15, 0.2) is 0 Å². The van der Waals surface area contributed by atoms with Crippen molar-refractivity contribution in [3.8, 4) is 0 Å². The Hall–Kier alpha value is -0.120. The van der Waals surface area contributed by atoms with Gasteiger partial charge >= 0.3 is 0 Å². The van der Waals surface area contributed by atoms with E-state index in [1.807, 2.05) is 0 Å².